The molecule has 23 heavy (non-hydrogen) atoms. The Hall–Kier alpha value is -3.14. The lowest BCUT2D eigenvalue weighted by Crippen LogP contribution is -1.94. The molecule has 4 heteroatoms. The van der Waals surface area contributed by atoms with E-state index in [1.807, 2.05) is 55.5 Å². The molecule has 1 aromatic carbocycles. The summed E-state index contributed by atoms with van der Waals surface area (Å²) in [5.74, 6) is 1.64. The molecule has 4 aromatic rings. The van der Waals surface area contributed by atoms with E-state index >= 15 is 0 Å². The number of aryl methyl sites for hydroxylation is 1. The number of furan rings is 1. The predicted molar refractivity (Wildman–Crippen MR) is 91.7 cm³/mol. The quantitative estimate of drug-likeness (QED) is 0.582. The molecule has 0 spiro atoms. The first-order chi connectivity index (χ1) is 11.3. The summed E-state index contributed by atoms with van der Waals surface area (Å²) in [6.07, 6.45) is 3.53. The molecule has 0 aliphatic heterocycles. The van der Waals surface area contributed by atoms with Crippen LogP contribution in [0.25, 0.3) is 22.4 Å². The highest BCUT2D eigenvalue weighted by Crippen LogP contribution is 2.30. The van der Waals surface area contributed by atoms with Crippen LogP contribution in [-0.2, 0) is 0 Å². The van der Waals surface area contributed by atoms with E-state index in [1.165, 1.54) is 0 Å². The van der Waals surface area contributed by atoms with Crippen molar-refractivity contribution in [3.8, 4) is 11.5 Å². The second-order valence-electron chi connectivity index (χ2n) is 5.34. The normalized spacial score (nSPS) is 10.8. The van der Waals surface area contributed by atoms with Gasteiger partial charge in [0.05, 0.1) is 11.2 Å². The van der Waals surface area contributed by atoms with Crippen molar-refractivity contribution in [2.45, 2.75) is 6.92 Å². The molecule has 1 N–H and O–H groups in total. The summed E-state index contributed by atoms with van der Waals surface area (Å²) in [5.41, 5.74) is 3.72. The lowest BCUT2D eigenvalue weighted by molar-refractivity contribution is 0.546. The molecule has 3 heterocycles. The van der Waals surface area contributed by atoms with E-state index < -0.39 is 0 Å². The van der Waals surface area contributed by atoms with Crippen molar-refractivity contribution < 1.29 is 4.42 Å². The van der Waals surface area contributed by atoms with Gasteiger partial charge in [-0.1, -0.05) is 18.2 Å². The smallest absolute Gasteiger partial charge is 0.152 e. The Morgan fingerprint density at radius 3 is 2.57 bits per heavy atom. The Kier molecular flexibility index (Phi) is 3.27. The molecule has 0 saturated heterocycles. The average molecular weight is 301 g/mol. The Balaban J connectivity index is 1.87. The van der Waals surface area contributed by atoms with Gasteiger partial charge in [0.1, 0.15) is 11.5 Å². The van der Waals surface area contributed by atoms with Crippen LogP contribution < -0.4 is 5.32 Å². The van der Waals surface area contributed by atoms with E-state index in [1.54, 1.807) is 12.4 Å². The van der Waals surface area contributed by atoms with E-state index in [4.69, 9.17) is 9.40 Å². The fourth-order valence-corrected chi connectivity index (χ4v) is 2.57. The molecule has 0 saturated carbocycles. The zero-order chi connectivity index (χ0) is 15.6. The maximum atomic E-state index is 5.72. The van der Waals surface area contributed by atoms with Gasteiger partial charge in [-0.25, -0.2) is 4.98 Å². The number of rotatable bonds is 3. The molecular formula is C19H15N3O. The largest absolute Gasteiger partial charge is 0.460 e. The summed E-state index contributed by atoms with van der Waals surface area (Å²) in [7, 11) is 0. The number of para-hydroxylation sites is 1. The molecule has 0 unspecified atom stereocenters. The van der Waals surface area contributed by atoms with Gasteiger partial charge in [-0.2, -0.15) is 0 Å². The lowest BCUT2D eigenvalue weighted by atomic mass is 10.1. The molecule has 4 rings (SSSR count). The van der Waals surface area contributed by atoms with Gasteiger partial charge in [-0.05, 0) is 43.3 Å². The topological polar surface area (TPSA) is 51.0 Å². The van der Waals surface area contributed by atoms with Crippen LogP contribution in [0.4, 0.5) is 11.4 Å². The van der Waals surface area contributed by atoms with Gasteiger partial charge >= 0.3 is 0 Å². The Labute approximate surface area is 133 Å². The van der Waals surface area contributed by atoms with E-state index in [2.05, 4.69) is 16.4 Å². The minimum Gasteiger partial charge on any atom is -0.460 e. The van der Waals surface area contributed by atoms with Gasteiger partial charge in [0.2, 0.25) is 0 Å². The van der Waals surface area contributed by atoms with Crippen LogP contribution in [0.3, 0.4) is 0 Å². The molecule has 4 nitrogen and oxygen atoms in total. The van der Waals surface area contributed by atoms with Crippen molar-refractivity contribution >= 4 is 22.3 Å². The summed E-state index contributed by atoms with van der Waals surface area (Å²) in [6, 6.07) is 17.8. The Bertz CT molecular complexity index is 961. The number of anilines is 2. The molecular weight excluding hydrogens is 286 g/mol. The van der Waals surface area contributed by atoms with Crippen LogP contribution in [0.1, 0.15) is 5.76 Å². The van der Waals surface area contributed by atoms with Crippen LogP contribution in [0.5, 0.6) is 0 Å². The highest BCUT2D eigenvalue weighted by Gasteiger charge is 2.10. The second kappa shape index (κ2) is 5.57. The zero-order valence-corrected chi connectivity index (χ0v) is 12.7. The van der Waals surface area contributed by atoms with Crippen LogP contribution in [0.2, 0.25) is 0 Å². The van der Waals surface area contributed by atoms with Crippen molar-refractivity contribution in [1.29, 1.82) is 0 Å². The third-order valence-electron chi connectivity index (χ3n) is 3.67. The number of fused-ring (bicyclic) bond motifs is 1. The monoisotopic (exact) mass is 301 g/mol. The summed E-state index contributed by atoms with van der Waals surface area (Å²) in [5, 5.41) is 4.51. The highest BCUT2D eigenvalue weighted by atomic mass is 16.3. The van der Waals surface area contributed by atoms with E-state index in [0.717, 1.165) is 39.5 Å². The molecule has 0 aliphatic rings. The van der Waals surface area contributed by atoms with Crippen molar-refractivity contribution in [2.75, 3.05) is 5.32 Å². The number of aromatic nitrogens is 2. The summed E-state index contributed by atoms with van der Waals surface area (Å²) in [6.45, 7) is 1.93. The Morgan fingerprint density at radius 2 is 1.78 bits per heavy atom. The van der Waals surface area contributed by atoms with Crippen molar-refractivity contribution in [3.05, 3.63) is 72.8 Å². The van der Waals surface area contributed by atoms with Gasteiger partial charge in [-0.3, -0.25) is 4.98 Å². The minimum atomic E-state index is 0.769. The highest BCUT2D eigenvalue weighted by molar-refractivity contribution is 5.95. The van der Waals surface area contributed by atoms with E-state index in [9.17, 15) is 0 Å². The summed E-state index contributed by atoms with van der Waals surface area (Å²) in [4.78, 5) is 8.76. The molecule has 0 amide bonds. The average Bonchev–Trinajstić information content (AvgIpc) is 3.02. The van der Waals surface area contributed by atoms with Crippen molar-refractivity contribution in [2.24, 2.45) is 0 Å². The number of pyridine rings is 2. The second-order valence-corrected chi connectivity index (χ2v) is 5.34. The molecule has 0 fully saturated rings. The van der Waals surface area contributed by atoms with Crippen LogP contribution in [-0.4, -0.2) is 9.97 Å². The molecule has 112 valence electrons. The molecule has 0 radical (unpaired) electrons. The van der Waals surface area contributed by atoms with E-state index in [-0.39, 0.29) is 0 Å². The SMILES string of the molecule is Cc1ccc(-c2cc(Nc3ccncc3)c3ccccc3n2)o1. The number of nitrogens with one attached hydrogen (secondary N) is 1. The predicted octanol–water partition coefficient (Wildman–Crippen LogP) is 4.94. The third kappa shape index (κ3) is 2.66. The molecule has 0 aliphatic carbocycles. The zero-order valence-electron chi connectivity index (χ0n) is 12.7. The standard InChI is InChI=1S/C19H15N3O/c1-13-6-7-19(23-13)18-12-17(21-14-8-10-20-11-9-14)15-4-2-3-5-16(15)22-18/h2-12H,1H3,(H,20,21,22). The van der Waals surface area contributed by atoms with Gasteiger partial charge in [-0.15, -0.1) is 0 Å². The number of benzene rings is 1. The van der Waals surface area contributed by atoms with Crippen LogP contribution in [0, 0.1) is 6.92 Å². The van der Waals surface area contributed by atoms with Gasteiger partial charge < -0.3 is 9.73 Å². The minimum absolute atomic E-state index is 0.769. The van der Waals surface area contributed by atoms with Crippen molar-refractivity contribution in [3.63, 3.8) is 0 Å². The van der Waals surface area contributed by atoms with Crippen molar-refractivity contribution in [1.82, 2.24) is 9.97 Å². The lowest BCUT2D eigenvalue weighted by Gasteiger charge is -2.11. The maximum Gasteiger partial charge on any atom is 0.152 e. The molecule has 0 atom stereocenters. The van der Waals surface area contributed by atoms with E-state index in [0.29, 0.717) is 0 Å². The molecule has 3 aromatic heterocycles. The molecule has 0 bridgehead atoms. The van der Waals surface area contributed by atoms with Gasteiger partial charge in [0.25, 0.3) is 0 Å². The first-order valence-corrected chi connectivity index (χ1v) is 7.43. The van der Waals surface area contributed by atoms with Crippen LogP contribution in [0.15, 0.2) is 71.4 Å². The first-order valence-electron chi connectivity index (χ1n) is 7.43. The fraction of sp³-hybridized carbons (Fsp3) is 0.0526. The number of nitrogens with zero attached hydrogens (tertiary/aromatic N) is 2. The Morgan fingerprint density at radius 1 is 0.957 bits per heavy atom. The first kappa shape index (κ1) is 13.5. The fourth-order valence-electron chi connectivity index (χ4n) is 2.57. The summed E-state index contributed by atoms with van der Waals surface area (Å²) >= 11 is 0. The van der Waals surface area contributed by atoms with Gasteiger partial charge in [0, 0.05) is 23.5 Å². The summed E-state index contributed by atoms with van der Waals surface area (Å²) < 4.78 is 5.72. The van der Waals surface area contributed by atoms with Crippen LogP contribution >= 0.6 is 0 Å². The van der Waals surface area contributed by atoms with Gasteiger partial charge in [0.15, 0.2) is 5.76 Å². The third-order valence-corrected chi connectivity index (χ3v) is 3.67. The number of hydrogen-bond acceptors (Lipinski definition) is 4. The number of hydrogen-bond donors (Lipinski definition) is 1. The maximum absolute atomic E-state index is 5.72.